The van der Waals surface area contributed by atoms with E-state index in [2.05, 4.69) is 76.3 Å². The highest BCUT2D eigenvalue weighted by molar-refractivity contribution is 5.90. The second-order valence-electron chi connectivity index (χ2n) is 7.55. The van der Waals surface area contributed by atoms with Crippen molar-refractivity contribution in [2.45, 2.75) is 25.5 Å². The molecule has 3 saturated heterocycles. The van der Waals surface area contributed by atoms with E-state index in [0.29, 0.717) is 5.92 Å². The smallest absolute Gasteiger partial charge is 0.0965 e. The van der Waals surface area contributed by atoms with Crippen LogP contribution in [0.25, 0.3) is 17.0 Å². The first kappa shape index (κ1) is 15.7. The Kier molecular flexibility index (Phi) is 3.83. The van der Waals surface area contributed by atoms with E-state index < -0.39 is 0 Å². The van der Waals surface area contributed by atoms with Crippen LogP contribution < -0.4 is 0 Å². The molecule has 3 heteroatoms. The van der Waals surface area contributed by atoms with Gasteiger partial charge in [0, 0.05) is 48.0 Å². The van der Waals surface area contributed by atoms with Crippen molar-refractivity contribution in [3.63, 3.8) is 0 Å². The highest BCUT2D eigenvalue weighted by Crippen LogP contribution is 2.36. The Morgan fingerprint density at radius 2 is 1.69 bits per heavy atom. The topological polar surface area (TPSA) is 28.4 Å². The Bertz CT molecular complexity index is 945. The van der Waals surface area contributed by atoms with Crippen molar-refractivity contribution in [1.29, 1.82) is 0 Å². The number of hydrogen-bond donors (Lipinski definition) is 1. The zero-order chi connectivity index (χ0) is 17.5. The van der Waals surface area contributed by atoms with E-state index in [1.165, 1.54) is 22.0 Å². The summed E-state index contributed by atoms with van der Waals surface area (Å²) < 4.78 is 2.32. The minimum Gasteiger partial charge on any atom is -0.387 e. The largest absolute Gasteiger partial charge is 0.387 e. The molecule has 1 atom stereocenters. The summed E-state index contributed by atoms with van der Waals surface area (Å²) in [5, 5.41) is 12.0. The van der Waals surface area contributed by atoms with Crippen LogP contribution in [0.15, 0.2) is 66.5 Å². The molecule has 2 aromatic carbocycles. The maximum atomic E-state index is 10.7. The summed E-state index contributed by atoms with van der Waals surface area (Å²) in [5.41, 5.74) is 4.86. The van der Waals surface area contributed by atoms with Gasteiger partial charge in [-0.05, 0) is 36.5 Å². The molecule has 1 aromatic heterocycles. The van der Waals surface area contributed by atoms with E-state index in [-0.39, 0.29) is 6.10 Å². The number of fused-ring (bicyclic) bond motifs is 4. The molecular weight excluding hydrogens is 320 g/mol. The molecule has 0 radical (unpaired) electrons. The summed E-state index contributed by atoms with van der Waals surface area (Å²) in [6.45, 7) is 3.02. The lowest BCUT2D eigenvalue weighted by Crippen LogP contribution is -2.48. The molecule has 3 aliphatic rings. The van der Waals surface area contributed by atoms with E-state index in [1.54, 1.807) is 0 Å². The Labute approximate surface area is 154 Å². The maximum Gasteiger partial charge on any atom is 0.0965 e. The van der Waals surface area contributed by atoms with Crippen molar-refractivity contribution >= 4 is 17.0 Å². The highest BCUT2D eigenvalue weighted by atomic mass is 16.3. The lowest BCUT2D eigenvalue weighted by atomic mass is 9.83. The number of aromatic nitrogens is 1. The number of hydrogen-bond acceptors (Lipinski definition) is 2. The molecule has 0 spiro atoms. The van der Waals surface area contributed by atoms with Crippen molar-refractivity contribution in [2.24, 2.45) is 5.92 Å². The summed E-state index contributed by atoms with van der Waals surface area (Å²) in [7, 11) is 0. The van der Waals surface area contributed by atoms with Crippen molar-refractivity contribution in [2.75, 3.05) is 13.1 Å². The van der Waals surface area contributed by atoms with Crippen LogP contribution in [0.1, 0.15) is 24.0 Å². The van der Waals surface area contributed by atoms with E-state index in [0.717, 1.165) is 38.2 Å². The van der Waals surface area contributed by atoms with Gasteiger partial charge in [0.05, 0.1) is 6.10 Å². The quantitative estimate of drug-likeness (QED) is 0.774. The molecule has 0 aliphatic carbocycles. The van der Waals surface area contributed by atoms with Crippen molar-refractivity contribution in [1.82, 2.24) is 9.47 Å². The van der Waals surface area contributed by atoms with E-state index >= 15 is 0 Å². The molecule has 1 N–H and O–H groups in total. The summed E-state index contributed by atoms with van der Waals surface area (Å²) >= 11 is 0. The Morgan fingerprint density at radius 1 is 0.962 bits per heavy atom. The Morgan fingerprint density at radius 3 is 2.46 bits per heavy atom. The van der Waals surface area contributed by atoms with Crippen LogP contribution in [0, 0.1) is 5.92 Å². The van der Waals surface area contributed by atoms with Crippen LogP contribution in [-0.4, -0.2) is 33.8 Å². The fourth-order valence-corrected chi connectivity index (χ4v) is 4.54. The minimum absolute atomic E-state index is 0.311. The van der Waals surface area contributed by atoms with Gasteiger partial charge in [0.25, 0.3) is 0 Å². The molecular formula is C23H24N2O. The number of para-hydroxylation sites is 1. The third-order valence-electron chi connectivity index (χ3n) is 5.97. The van der Waals surface area contributed by atoms with Crippen LogP contribution in [0.4, 0.5) is 0 Å². The molecule has 3 fully saturated rings. The number of nitrogens with zero attached hydrogens (tertiary/aromatic N) is 2. The van der Waals surface area contributed by atoms with Gasteiger partial charge in [-0.25, -0.2) is 0 Å². The first-order chi connectivity index (χ1) is 12.8. The van der Waals surface area contributed by atoms with E-state index in [1.807, 2.05) is 0 Å². The van der Waals surface area contributed by atoms with Gasteiger partial charge in [-0.3, -0.25) is 0 Å². The number of rotatable bonds is 3. The fraction of sp³-hybridized carbons (Fsp3) is 0.304. The summed E-state index contributed by atoms with van der Waals surface area (Å²) in [6, 6.07) is 19.1. The normalized spacial score (nSPS) is 23.9. The zero-order valence-corrected chi connectivity index (χ0v) is 14.9. The van der Waals surface area contributed by atoms with Gasteiger partial charge in [0.2, 0.25) is 0 Å². The standard InChI is InChI=1S/C23H24N2O/c26-23-18-10-12-24(13-11-18)22(23)14-19-16-25(15-17-6-2-1-3-7-17)21-9-5-4-8-20(19)21/h1-9,14,16,18,23,26H,10-13,15H2. The van der Waals surface area contributed by atoms with Crippen LogP contribution >= 0.6 is 0 Å². The molecule has 4 heterocycles. The van der Waals surface area contributed by atoms with Gasteiger partial charge in [-0.15, -0.1) is 0 Å². The molecule has 1 unspecified atom stereocenters. The van der Waals surface area contributed by atoms with Gasteiger partial charge < -0.3 is 14.6 Å². The molecule has 3 nitrogen and oxygen atoms in total. The number of aliphatic hydroxyl groups excluding tert-OH is 1. The molecule has 0 amide bonds. The maximum absolute atomic E-state index is 10.7. The Hall–Kier alpha value is -2.52. The average molecular weight is 344 g/mol. The SMILES string of the molecule is OC1C(=Cc2cn(Cc3ccccc3)c3ccccc23)N2CCC1CC2. The number of aliphatic hydroxyl groups is 1. The summed E-state index contributed by atoms with van der Waals surface area (Å²) in [4.78, 5) is 2.37. The fourth-order valence-electron chi connectivity index (χ4n) is 4.54. The van der Waals surface area contributed by atoms with Crippen LogP contribution in [0.3, 0.4) is 0 Å². The molecule has 3 aromatic rings. The van der Waals surface area contributed by atoms with Crippen LogP contribution in [-0.2, 0) is 6.54 Å². The molecule has 2 bridgehead atoms. The van der Waals surface area contributed by atoms with Gasteiger partial charge in [0.15, 0.2) is 0 Å². The Balaban J connectivity index is 1.57. The first-order valence-electron chi connectivity index (χ1n) is 9.56. The van der Waals surface area contributed by atoms with Crippen molar-refractivity contribution in [3.8, 4) is 0 Å². The van der Waals surface area contributed by atoms with Gasteiger partial charge in [-0.1, -0.05) is 48.5 Å². The zero-order valence-electron chi connectivity index (χ0n) is 14.9. The molecule has 132 valence electrons. The lowest BCUT2D eigenvalue weighted by Gasteiger charge is -2.45. The summed E-state index contributed by atoms with van der Waals surface area (Å²) in [6.07, 6.45) is 6.39. The molecule has 0 saturated carbocycles. The van der Waals surface area contributed by atoms with Crippen molar-refractivity contribution < 1.29 is 5.11 Å². The van der Waals surface area contributed by atoms with Gasteiger partial charge >= 0.3 is 0 Å². The van der Waals surface area contributed by atoms with E-state index in [9.17, 15) is 5.11 Å². The summed E-state index contributed by atoms with van der Waals surface area (Å²) in [5.74, 6) is 0.434. The lowest BCUT2D eigenvalue weighted by molar-refractivity contribution is 0.0215. The van der Waals surface area contributed by atoms with Crippen molar-refractivity contribution in [3.05, 3.63) is 77.6 Å². The predicted molar refractivity (Wildman–Crippen MR) is 106 cm³/mol. The van der Waals surface area contributed by atoms with Gasteiger partial charge in [0.1, 0.15) is 0 Å². The van der Waals surface area contributed by atoms with Crippen LogP contribution in [0.2, 0.25) is 0 Å². The minimum atomic E-state index is -0.311. The highest BCUT2D eigenvalue weighted by Gasteiger charge is 2.36. The average Bonchev–Trinajstić information content (AvgIpc) is 3.03. The second-order valence-corrected chi connectivity index (χ2v) is 7.55. The predicted octanol–water partition coefficient (Wildman–Crippen LogP) is 4.12. The first-order valence-corrected chi connectivity index (χ1v) is 9.56. The molecule has 26 heavy (non-hydrogen) atoms. The number of benzene rings is 2. The number of piperidine rings is 3. The third kappa shape index (κ3) is 2.63. The van der Waals surface area contributed by atoms with Gasteiger partial charge in [-0.2, -0.15) is 0 Å². The third-order valence-corrected chi connectivity index (χ3v) is 5.97. The second kappa shape index (κ2) is 6.33. The van der Waals surface area contributed by atoms with E-state index in [4.69, 9.17) is 0 Å². The molecule has 6 rings (SSSR count). The molecule has 3 aliphatic heterocycles. The van der Waals surface area contributed by atoms with Crippen LogP contribution in [0.5, 0.6) is 0 Å². The monoisotopic (exact) mass is 344 g/mol.